The van der Waals surface area contributed by atoms with Gasteiger partial charge in [0.05, 0.1) is 0 Å². The molecule has 2 heterocycles. The summed E-state index contributed by atoms with van der Waals surface area (Å²) in [7, 11) is 1.94. The van der Waals surface area contributed by atoms with Gasteiger partial charge in [-0.15, -0.1) is 5.10 Å². The van der Waals surface area contributed by atoms with Crippen molar-refractivity contribution >= 4 is 16.5 Å². The molecule has 0 spiro atoms. The molecule has 102 valence electrons. The maximum Gasteiger partial charge on any atom is 0.134 e. The summed E-state index contributed by atoms with van der Waals surface area (Å²) in [6.45, 7) is 8.04. The predicted molar refractivity (Wildman–Crippen MR) is 76.9 cm³/mol. The summed E-state index contributed by atoms with van der Waals surface area (Å²) < 4.78 is 4.03. The number of likely N-dealkylation sites (tertiary alicyclic amines) is 1. The normalized spacial score (nSPS) is 22.1. The van der Waals surface area contributed by atoms with Crippen LogP contribution in [-0.2, 0) is 6.54 Å². The summed E-state index contributed by atoms with van der Waals surface area (Å²) in [6, 6.07) is 0. The number of anilines is 1. The molecule has 0 saturated carbocycles. The van der Waals surface area contributed by atoms with Gasteiger partial charge in [0.15, 0.2) is 0 Å². The van der Waals surface area contributed by atoms with Crippen molar-refractivity contribution in [2.24, 2.45) is 11.8 Å². The van der Waals surface area contributed by atoms with Gasteiger partial charge >= 0.3 is 0 Å². The highest BCUT2D eigenvalue weighted by Gasteiger charge is 2.20. The fourth-order valence-corrected chi connectivity index (χ4v) is 3.24. The van der Waals surface area contributed by atoms with Crippen LogP contribution in [-0.4, -0.2) is 34.6 Å². The van der Waals surface area contributed by atoms with Crippen LogP contribution in [0.5, 0.6) is 0 Å². The summed E-state index contributed by atoms with van der Waals surface area (Å²) in [5.74, 6) is 1.71. The molecule has 0 radical (unpaired) electrons. The Morgan fingerprint density at radius 3 is 2.94 bits per heavy atom. The summed E-state index contributed by atoms with van der Waals surface area (Å²) in [5.41, 5.74) is 1.10. The van der Waals surface area contributed by atoms with E-state index in [0.717, 1.165) is 29.1 Å². The van der Waals surface area contributed by atoms with Crippen LogP contribution in [0.1, 0.15) is 38.8 Å². The highest BCUT2D eigenvalue weighted by atomic mass is 32.1. The van der Waals surface area contributed by atoms with E-state index in [0.29, 0.717) is 0 Å². The van der Waals surface area contributed by atoms with Crippen LogP contribution in [0.25, 0.3) is 0 Å². The van der Waals surface area contributed by atoms with Gasteiger partial charge in [-0.05, 0) is 44.2 Å². The second kappa shape index (κ2) is 6.48. The van der Waals surface area contributed by atoms with Crippen LogP contribution in [0.2, 0.25) is 0 Å². The highest BCUT2D eigenvalue weighted by Crippen LogP contribution is 2.26. The Bertz CT molecular complexity index is 364. The van der Waals surface area contributed by atoms with E-state index in [1.807, 2.05) is 7.05 Å². The van der Waals surface area contributed by atoms with Gasteiger partial charge in [-0.2, -0.15) is 0 Å². The predicted octanol–water partition coefficient (Wildman–Crippen LogP) is 2.84. The average Bonchev–Trinajstić information content (AvgIpc) is 2.65. The monoisotopic (exact) mass is 268 g/mol. The topological polar surface area (TPSA) is 41.1 Å². The van der Waals surface area contributed by atoms with Crippen molar-refractivity contribution in [2.75, 3.05) is 25.5 Å². The maximum atomic E-state index is 4.23. The molecule has 18 heavy (non-hydrogen) atoms. The lowest BCUT2D eigenvalue weighted by molar-refractivity contribution is 0.262. The van der Waals surface area contributed by atoms with E-state index in [-0.39, 0.29) is 0 Å². The summed E-state index contributed by atoms with van der Waals surface area (Å²) >= 11 is 1.45. The number of hydrogen-bond donors (Lipinski definition) is 1. The second-order valence-corrected chi connectivity index (χ2v) is 6.26. The Balaban J connectivity index is 1.91. The van der Waals surface area contributed by atoms with Gasteiger partial charge in [-0.25, -0.2) is 0 Å². The average molecular weight is 268 g/mol. The molecule has 1 fully saturated rings. The zero-order valence-electron chi connectivity index (χ0n) is 11.6. The fraction of sp³-hybridized carbons (Fsp3) is 0.846. The lowest BCUT2D eigenvalue weighted by Gasteiger charge is -2.20. The molecule has 1 saturated heterocycles. The van der Waals surface area contributed by atoms with E-state index in [2.05, 4.69) is 33.7 Å². The molecule has 5 heteroatoms. The molecule has 2 rings (SSSR count). The SMILES string of the molecule is CNc1snnc1CN1CCCC(C(C)C)CC1. The van der Waals surface area contributed by atoms with Crippen molar-refractivity contribution < 1.29 is 0 Å². The first-order chi connectivity index (χ1) is 8.70. The van der Waals surface area contributed by atoms with Crippen LogP contribution in [0.3, 0.4) is 0 Å². The van der Waals surface area contributed by atoms with Gasteiger partial charge in [-0.1, -0.05) is 18.3 Å². The number of rotatable bonds is 4. The molecule has 1 aromatic heterocycles. The minimum atomic E-state index is 0.818. The Hall–Kier alpha value is -0.680. The van der Waals surface area contributed by atoms with E-state index in [4.69, 9.17) is 0 Å². The van der Waals surface area contributed by atoms with Crippen LogP contribution < -0.4 is 5.32 Å². The molecule has 0 aliphatic carbocycles. The summed E-state index contributed by atoms with van der Waals surface area (Å²) in [6.07, 6.45) is 4.02. The Morgan fingerprint density at radius 1 is 1.39 bits per heavy atom. The minimum absolute atomic E-state index is 0.818. The third kappa shape index (κ3) is 3.42. The molecule has 1 atom stereocenters. The van der Waals surface area contributed by atoms with E-state index in [1.165, 1.54) is 43.9 Å². The van der Waals surface area contributed by atoms with Gasteiger partial charge in [0.2, 0.25) is 0 Å². The molecule has 1 aliphatic rings. The minimum Gasteiger partial charge on any atom is -0.377 e. The standard InChI is InChI=1S/C13H24N4S/c1-10(2)11-5-4-7-17(8-6-11)9-12-13(14-3)18-16-15-12/h10-11,14H,4-9H2,1-3H3. The molecule has 1 aromatic rings. The van der Waals surface area contributed by atoms with Crippen molar-refractivity contribution in [1.82, 2.24) is 14.5 Å². The third-order valence-electron chi connectivity index (χ3n) is 3.96. The number of nitrogens with one attached hydrogen (secondary N) is 1. The zero-order valence-corrected chi connectivity index (χ0v) is 12.5. The number of aromatic nitrogens is 2. The van der Waals surface area contributed by atoms with Crippen molar-refractivity contribution in [3.05, 3.63) is 5.69 Å². The number of nitrogens with zero attached hydrogens (tertiary/aromatic N) is 3. The van der Waals surface area contributed by atoms with Crippen molar-refractivity contribution in [3.63, 3.8) is 0 Å². The van der Waals surface area contributed by atoms with Gasteiger partial charge < -0.3 is 5.32 Å². The Kier molecular flexibility index (Phi) is 4.95. The van der Waals surface area contributed by atoms with Crippen molar-refractivity contribution in [1.29, 1.82) is 0 Å². The van der Waals surface area contributed by atoms with Gasteiger partial charge in [0, 0.05) is 25.1 Å². The first-order valence-electron chi connectivity index (χ1n) is 6.92. The third-order valence-corrected chi connectivity index (χ3v) is 4.75. The lowest BCUT2D eigenvalue weighted by atomic mass is 9.89. The van der Waals surface area contributed by atoms with Crippen molar-refractivity contribution in [2.45, 2.75) is 39.7 Å². The largest absolute Gasteiger partial charge is 0.377 e. The second-order valence-electron chi connectivity index (χ2n) is 5.51. The van der Waals surface area contributed by atoms with E-state index in [1.54, 1.807) is 0 Å². The van der Waals surface area contributed by atoms with E-state index >= 15 is 0 Å². The highest BCUT2D eigenvalue weighted by molar-refractivity contribution is 7.10. The summed E-state index contributed by atoms with van der Waals surface area (Å²) in [5, 5.41) is 8.52. The van der Waals surface area contributed by atoms with Gasteiger partial charge in [0.25, 0.3) is 0 Å². The molecule has 1 aliphatic heterocycles. The van der Waals surface area contributed by atoms with Gasteiger partial charge in [-0.3, -0.25) is 4.90 Å². The first kappa shape index (κ1) is 13.7. The molecule has 1 unspecified atom stereocenters. The molecular formula is C13H24N4S. The van der Waals surface area contributed by atoms with E-state index in [9.17, 15) is 0 Å². The lowest BCUT2D eigenvalue weighted by Crippen LogP contribution is -2.25. The van der Waals surface area contributed by atoms with Gasteiger partial charge in [0.1, 0.15) is 10.7 Å². The quantitative estimate of drug-likeness (QED) is 0.911. The Morgan fingerprint density at radius 2 is 2.22 bits per heavy atom. The molecule has 1 N–H and O–H groups in total. The molecule has 0 bridgehead atoms. The first-order valence-corrected chi connectivity index (χ1v) is 7.69. The Labute approximate surface area is 114 Å². The van der Waals surface area contributed by atoms with E-state index < -0.39 is 0 Å². The van der Waals surface area contributed by atoms with Crippen LogP contribution >= 0.6 is 11.5 Å². The van der Waals surface area contributed by atoms with Crippen LogP contribution in [0, 0.1) is 11.8 Å². The van der Waals surface area contributed by atoms with Crippen LogP contribution in [0.4, 0.5) is 5.00 Å². The molecule has 4 nitrogen and oxygen atoms in total. The maximum absolute atomic E-state index is 4.23. The molecule has 0 amide bonds. The van der Waals surface area contributed by atoms with Crippen molar-refractivity contribution in [3.8, 4) is 0 Å². The smallest absolute Gasteiger partial charge is 0.134 e. The number of hydrogen-bond acceptors (Lipinski definition) is 5. The molecular weight excluding hydrogens is 244 g/mol. The zero-order chi connectivity index (χ0) is 13.0. The van der Waals surface area contributed by atoms with Crippen LogP contribution in [0.15, 0.2) is 0 Å². The molecule has 0 aromatic carbocycles. The fourth-order valence-electron chi connectivity index (χ4n) is 2.72. The summed E-state index contributed by atoms with van der Waals surface area (Å²) in [4.78, 5) is 2.53.